The average molecular weight is 361 g/mol. The number of hydrogen-bond acceptors (Lipinski definition) is 7. The molecule has 1 heterocycles. The van der Waals surface area contributed by atoms with Crippen LogP contribution in [-0.2, 0) is 23.9 Å². The fourth-order valence-electron chi connectivity index (χ4n) is 2.61. The first kappa shape index (κ1) is 19.3. The number of nitrogens with zero attached hydrogens (tertiary/aromatic N) is 1. The monoisotopic (exact) mass is 361 g/mol. The summed E-state index contributed by atoms with van der Waals surface area (Å²) in [4.78, 5) is 61.7. The van der Waals surface area contributed by atoms with Gasteiger partial charge in [-0.15, -0.1) is 0 Å². The zero-order valence-corrected chi connectivity index (χ0v) is 14.5. The van der Waals surface area contributed by atoms with Gasteiger partial charge in [0, 0.05) is 0 Å². The molecule has 1 aliphatic rings. The highest BCUT2D eigenvalue weighted by Crippen LogP contribution is 2.23. The predicted octanol–water partition coefficient (Wildman–Crippen LogP) is 0.984. The molecule has 1 unspecified atom stereocenters. The minimum atomic E-state index is -1.43. The quantitative estimate of drug-likeness (QED) is 0.386. The molecule has 0 fully saturated rings. The Hall–Kier alpha value is -3.03. The van der Waals surface area contributed by atoms with Crippen LogP contribution in [0.15, 0.2) is 24.3 Å². The number of carbonyl (C=O) groups excluding carboxylic acids is 5. The lowest BCUT2D eigenvalue weighted by Gasteiger charge is -2.18. The van der Waals surface area contributed by atoms with Crippen LogP contribution in [0.3, 0.4) is 0 Å². The van der Waals surface area contributed by atoms with Crippen LogP contribution < -0.4 is 0 Å². The van der Waals surface area contributed by atoms with Gasteiger partial charge in [0.1, 0.15) is 5.92 Å². The molecule has 8 nitrogen and oxygen atoms in total. The number of esters is 2. The maximum Gasteiger partial charge on any atom is 0.317 e. The van der Waals surface area contributed by atoms with Crippen molar-refractivity contribution in [2.45, 2.75) is 20.3 Å². The lowest BCUT2D eigenvalue weighted by molar-refractivity contribution is -0.158. The van der Waals surface area contributed by atoms with Gasteiger partial charge >= 0.3 is 11.9 Å². The largest absolute Gasteiger partial charge is 0.466 e. The normalized spacial score (nSPS) is 14.0. The summed E-state index contributed by atoms with van der Waals surface area (Å²) in [5.41, 5.74) is 0.395. The van der Waals surface area contributed by atoms with Crippen LogP contribution in [0.1, 0.15) is 41.0 Å². The van der Waals surface area contributed by atoms with Crippen molar-refractivity contribution in [2.24, 2.45) is 5.92 Å². The summed E-state index contributed by atoms with van der Waals surface area (Å²) in [6.07, 6.45) is -0.505. The maximum atomic E-state index is 12.5. The van der Waals surface area contributed by atoms with E-state index in [2.05, 4.69) is 0 Å². The van der Waals surface area contributed by atoms with Crippen LogP contribution in [-0.4, -0.2) is 54.2 Å². The van der Waals surface area contributed by atoms with Gasteiger partial charge in [0.05, 0.1) is 37.3 Å². The Balaban J connectivity index is 2.16. The minimum absolute atomic E-state index is 0.0262. The van der Waals surface area contributed by atoms with E-state index in [1.807, 2.05) is 0 Å². The highest BCUT2D eigenvalue weighted by Gasteiger charge is 2.39. The first-order valence-electron chi connectivity index (χ1n) is 8.20. The molecule has 1 aliphatic heterocycles. The molecule has 0 radical (unpaired) electrons. The predicted molar refractivity (Wildman–Crippen MR) is 88.2 cm³/mol. The van der Waals surface area contributed by atoms with E-state index in [0.29, 0.717) is 0 Å². The second-order valence-corrected chi connectivity index (χ2v) is 5.52. The molecule has 26 heavy (non-hydrogen) atoms. The molecule has 0 N–H and O–H groups in total. The van der Waals surface area contributed by atoms with Crippen molar-refractivity contribution < 1.29 is 33.4 Å². The number of hydrogen-bond donors (Lipinski definition) is 0. The van der Waals surface area contributed by atoms with Crippen LogP contribution in [0, 0.1) is 5.92 Å². The van der Waals surface area contributed by atoms with Gasteiger partial charge in [0.2, 0.25) is 0 Å². The average Bonchev–Trinajstić information content (AvgIpc) is 2.85. The van der Waals surface area contributed by atoms with E-state index < -0.39 is 48.4 Å². The first-order chi connectivity index (χ1) is 12.4. The molecule has 0 saturated heterocycles. The molecule has 0 spiro atoms. The fourth-order valence-corrected chi connectivity index (χ4v) is 2.61. The first-order valence-corrected chi connectivity index (χ1v) is 8.20. The van der Waals surface area contributed by atoms with Crippen molar-refractivity contribution >= 4 is 29.5 Å². The lowest BCUT2D eigenvalue weighted by atomic mass is 9.99. The summed E-state index contributed by atoms with van der Waals surface area (Å²) in [7, 11) is 0. The molecule has 1 aromatic carbocycles. The fraction of sp³-hybridized carbons (Fsp3) is 0.389. The summed E-state index contributed by atoms with van der Waals surface area (Å²) >= 11 is 0. The lowest BCUT2D eigenvalue weighted by Crippen LogP contribution is -2.40. The van der Waals surface area contributed by atoms with Crippen LogP contribution >= 0.6 is 0 Å². The molecule has 8 heteroatoms. The Morgan fingerprint density at radius 3 is 2.00 bits per heavy atom. The van der Waals surface area contributed by atoms with Gasteiger partial charge in [-0.1, -0.05) is 12.1 Å². The number of fused-ring (bicyclic) bond motifs is 1. The molecule has 1 atom stereocenters. The molecular weight excluding hydrogens is 342 g/mol. The Labute approximate surface area is 150 Å². The van der Waals surface area contributed by atoms with Crippen LogP contribution in [0.5, 0.6) is 0 Å². The van der Waals surface area contributed by atoms with Crippen molar-refractivity contribution in [3.8, 4) is 0 Å². The van der Waals surface area contributed by atoms with E-state index in [0.717, 1.165) is 4.90 Å². The Kier molecular flexibility index (Phi) is 6.21. The number of rotatable bonds is 8. The second-order valence-electron chi connectivity index (χ2n) is 5.52. The molecule has 0 aliphatic carbocycles. The van der Waals surface area contributed by atoms with Crippen LogP contribution in [0.25, 0.3) is 0 Å². The SMILES string of the molecule is CCOC(=O)CC(C(=O)CN1C(=O)c2ccccc2C1=O)C(=O)OCC. The maximum absolute atomic E-state index is 12.5. The van der Waals surface area contributed by atoms with Gasteiger partial charge in [-0.2, -0.15) is 0 Å². The van der Waals surface area contributed by atoms with Crippen molar-refractivity contribution in [1.82, 2.24) is 4.90 Å². The third kappa shape index (κ3) is 3.96. The summed E-state index contributed by atoms with van der Waals surface area (Å²) in [6, 6.07) is 6.19. The smallest absolute Gasteiger partial charge is 0.317 e. The third-order valence-electron chi connectivity index (χ3n) is 3.83. The number of imide groups is 1. The molecule has 1 aromatic rings. The molecule has 0 saturated carbocycles. The Morgan fingerprint density at radius 1 is 0.962 bits per heavy atom. The van der Waals surface area contributed by atoms with Crippen LogP contribution in [0.4, 0.5) is 0 Å². The van der Waals surface area contributed by atoms with E-state index >= 15 is 0 Å². The molecule has 2 amide bonds. The second kappa shape index (κ2) is 8.37. The Morgan fingerprint density at radius 2 is 1.50 bits per heavy atom. The number of Topliss-reactive ketones (excluding diaryl/α,β-unsaturated/α-hetero) is 1. The highest BCUT2D eigenvalue weighted by molar-refractivity contribution is 6.22. The van der Waals surface area contributed by atoms with Gasteiger partial charge in [-0.3, -0.25) is 28.9 Å². The number of ketones is 1. The third-order valence-corrected chi connectivity index (χ3v) is 3.83. The van der Waals surface area contributed by atoms with Crippen molar-refractivity contribution in [3.63, 3.8) is 0 Å². The molecule has 0 aromatic heterocycles. The number of benzene rings is 1. The van der Waals surface area contributed by atoms with E-state index in [1.165, 1.54) is 12.1 Å². The van der Waals surface area contributed by atoms with E-state index in [-0.39, 0.29) is 24.3 Å². The number of carbonyl (C=O) groups is 5. The molecule has 138 valence electrons. The molecular formula is C18H19NO7. The summed E-state index contributed by atoms with van der Waals surface area (Å²) in [5, 5.41) is 0. The number of amides is 2. The summed E-state index contributed by atoms with van der Waals surface area (Å²) in [6.45, 7) is 2.67. The van der Waals surface area contributed by atoms with Gasteiger partial charge in [-0.25, -0.2) is 0 Å². The minimum Gasteiger partial charge on any atom is -0.466 e. The number of ether oxygens (including phenoxy) is 2. The zero-order valence-electron chi connectivity index (χ0n) is 14.5. The summed E-state index contributed by atoms with van der Waals surface area (Å²) in [5.74, 6) is -5.04. The molecule has 2 rings (SSSR count). The van der Waals surface area contributed by atoms with E-state index in [4.69, 9.17) is 9.47 Å². The molecule has 0 bridgehead atoms. The zero-order chi connectivity index (χ0) is 19.3. The highest BCUT2D eigenvalue weighted by atomic mass is 16.5. The van der Waals surface area contributed by atoms with Crippen molar-refractivity contribution in [1.29, 1.82) is 0 Å². The van der Waals surface area contributed by atoms with E-state index in [9.17, 15) is 24.0 Å². The van der Waals surface area contributed by atoms with Gasteiger partial charge in [-0.05, 0) is 26.0 Å². The Bertz CT molecular complexity index is 721. The standard InChI is InChI=1S/C18H19NO7/c1-3-25-15(21)9-13(18(24)26-4-2)14(20)10-19-16(22)11-7-5-6-8-12(11)17(19)23/h5-8,13H,3-4,9-10H2,1-2H3. The van der Waals surface area contributed by atoms with Gasteiger partial charge in [0.25, 0.3) is 11.8 Å². The topological polar surface area (TPSA) is 107 Å². The van der Waals surface area contributed by atoms with Gasteiger partial charge in [0.15, 0.2) is 5.78 Å². The van der Waals surface area contributed by atoms with Crippen LogP contribution in [0.2, 0.25) is 0 Å². The van der Waals surface area contributed by atoms with Crippen molar-refractivity contribution in [3.05, 3.63) is 35.4 Å². The van der Waals surface area contributed by atoms with E-state index in [1.54, 1.807) is 26.0 Å². The van der Waals surface area contributed by atoms with Gasteiger partial charge < -0.3 is 9.47 Å². The summed E-state index contributed by atoms with van der Waals surface area (Å²) < 4.78 is 9.60. The van der Waals surface area contributed by atoms with Crippen molar-refractivity contribution in [2.75, 3.05) is 19.8 Å².